The molecule has 0 saturated heterocycles. The molecule has 4 rings (SSSR count). The zero-order chi connectivity index (χ0) is 25.3. The zero-order valence-corrected chi connectivity index (χ0v) is 21.0. The largest absolute Gasteiger partial charge is 0.480 e. The molecule has 0 fully saturated rings. The maximum absolute atomic E-state index is 13.5. The highest BCUT2D eigenvalue weighted by atomic mass is 35.5. The van der Waals surface area contributed by atoms with Gasteiger partial charge in [0.05, 0.1) is 33.9 Å². The molecule has 4 aromatic rings. The molecule has 3 N–H and O–H groups in total. The molecule has 0 spiro atoms. The van der Waals surface area contributed by atoms with Crippen molar-refractivity contribution in [1.29, 1.82) is 0 Å². The highest BCUT2D eigenvalue weighted by molar-refractivity contribution is 6.41. The van der Waals surface area contributed by atoms with Gasteiger partial charge < -0.3 is 15.4 Å². The van der Waals surface area contributed by atoms with E-state index >= 15 is 0 Å². The number of carbonyl (C=O) groups is 2. The van der Waals surface area contributed by atoms with Gasteiger partial charge >= 0.3 is 0 Å². The molecule has 13 heteroatoms. The summed E-state index contributed by atoms with van der Waals surface area (Å²) in [6, 6.07) is 6.28. The molecule has 0 saturated carbocycles. The van der Waals surface area contributed by atoms with Crippen molar-refractivity contribution in [2.45, 2.75) is 26.3 Å². The third-order valence-electron chi connectivity index (χ3n) is 5.53. The highest BCUT2D eigenvalue weighted by Gasteiger charge is 2.26. The Balaban J connectivity index is 1.82. The summed E-state index contributed by atoms with van der Waals surface area (Å²) in [7, 11) is 3.22. The highest BCUT2D eigenvalue weighted by Crippen LogP contribution is 2.33. The second-order valence-corrected chi connectivity index (χ2v) is 8.68. The van der Waals surface area contributed by atoms with Crippen molar-refractivity contribution in [3.8, 4) is 11.7 Å². The number of halogens is 2. The van der Waals surface area contributed by atoms with E-state index in [9.17, 15) is 9.59 Å². The van der Waals surface area contributed by atoms with Gasteiger partial charge in [0.1, 0.15) is 5.69 Å². The van der Waals surface area contributed by atoms with Crippen molar-refractivity contribution in [3.63, 3.8) is 0 Å². The van der Waals surface area contributed by atoms with E-state index in [1.807, 2.05) is 13.8 Å². The normalized spacial score (nSPS) is 11.9. The summed E-state index contributed by atoms with van der Waals surface area (Å²) < 4.78 is 6.48. The smallest absolute Gasteiger partial charge is 0.274 e. The Hall–Kier alpha value is -3.57. The molecule has 0 aliphatic heterocycles. The Labute approximate surface area is 211 Å². The van der Waals surface area contributed by atoms with Gasteiger partial charge in [0, 0.05) is 29.3 Å². The number of nitrogens with one attached hydrogen (secondary N) is 3. The van der Waals surface area contributed by atoms with Gasteiger partial charge in [0.25, 0.3) is 11.8 Å². The second-order valence-electron chi connectivity index (χ2n) is 7.87. The lowest BCUT2D eigenvalue weighted by Gasteiger charge is -2.17. The molecule has 0 bridgehead atoms. The van der Waals surface area contributed by atoms with Crippen molar-refractivity contribution in [2.75, 3.05) is 12.4 Å². The summed E-state index contributed by atoms with van der Waals surface area (Å²) in [5.41, 5.74) is 1.52. The number of ether oxygens (including phenoxy) is 1. The third kappa shape index (κ3) is 4.69. The molecule has 0 aliphatic carbocycles. The molecule has 1 unspecified atom stereocenters. The molecule has 1 atom stereocenters. The first kappa shape index (κ1) is 24.6. The fourth-order valence-corrected chi connectivity index (χ4v) is 3.94. The lowest BCUT2D eigenvalue weighted by Crippen LogP contribution is -2.33. The molecule has 35 heavy (non-hydrogen) atoms. The quantitative estimate of drug-likeness (QED) is 0.326. The van der Waals surface area contributed by atoms with Gasteiger partial charge in [-0.15, -0.1) is 5.10 Å². The Morgan fingerprint density at radius 1 is 1.26 bits per heavy atom. The second kappa shape index (κ2) is 9.97. The minimum atomic E-state index is -0.599. The van der Waals surface area contributed by atoms with E-state index in [0.29, 0.717) is 16.5 Å². The fourth-order valence-electron chi connectivity index (χ4n) is 3.49. The first-order valence-corrected chi connectivity index (χ1v) is 11.5. The monoisotopic (exact) mass is 513 g/mol. The van der Waals surface area contributed by atoms with E-state index in [1.54, 1.807) is 26.0 Å². The summed E-state index contributed by atoms with van der Waals surface area (Å²) in [5.74, 6) is -0.581. The number of hydrogen-bond donors (Lipinski definition) is 3. The molecular formula is C22H22BCl2N7O3. The first-order chi connectivity index (χ1) is 16.7. The van der Waals surface area contributed by atoms with Gasteiger partial charge in [-0.25, -0.2) is 9.67 Å². The lowest BCUT2D eigenvalue weighted by molar-refractivity contribution is 0.0941. The fraction of sp³-hybridized carbons (Fsp3) is 0.227. The minimum Gasteiger partial charge on any atom is -0.480 e. The van der Waals surface area contributed by atoms with Crippen LogP contribution in [0.1, 0.15) is 41.1 Å². The lowest BCUT2D eigenvalue weighted by atomic mass is 9.97. The van der Waals surface area contributed by atoms with Gasteiger partial charge in [0.2, 0.25) is 5.88 Å². The number of anilines is 1. The molecule has 2 amide bonds. The molecule has 0 radical (unpaired) electrons. The van der Waals surface area contributed by atoms with E-state index < -0.39 is 11.8 Å². The average Bonchev–Trinajstić information content (AvgIpc) is 3.43. The van der Waals surface area contributed by atoms with E-state index in [4.69, 9.17) is 27.9 Å². The standard InChI is InChI=1S/C22H22BCl2N7O3/c1-4-10(2)27-22(34)16-17-11(19(23)30-29-17)8-13(25)18(16)28-21(33)14-9-15(35-3)31-32(14)20-12(24)6-5-7-26-20/h5-10H,4,23H2,1-3H3,(H,27,34)(H,28,33)(H,29,30). The Kier molecular flexibility index (Phi) is 6.99. The van der Waals surface area contributed by atoms with Crippen molar-refractivity contribution >= 4 is 65.0 Å². The Bertz CT molecular complexity index is 1440. The van der Waals surface area contributed by atoms with Crippen LogP contribution in [0.15, 0.2) is 30.5 Å². The van der Waals surface area contributed by atoms with Gasteiger partial charge in [-0.3, -0.25) is 14.7 Å². The molecular weight excluding hydrogens is 492 g/mol. The number of rotatable bonds is 7. The van der Waals surface area contributed by atoms with Crippen LogP contribution in [0.25, 0.3) is 16.7 Å². The molecule has 3 heterocycles. The van der Waals surface area contributed by atoms with E-state index in [1.165, 1.54) is 24.1 Å². The number of amides is 2. The molecule has 10 nitrogen and oxygen atoms in total. The predicted octanol–water partition coefficient (Wildman–Crippen LogP) is 2.50. The molecule has 3 aromatic heterocycles. The van der Waals surface area contributed by atoms with Crippen LogP contribution in [0.5, 0.6) is 5.88 Å². The van der Waals surface area contributed by atoms with Gasteiger partial charge in [-0.1, -0.05) is 30.1 Å². The van der Waals surface area contributed by atoms with Crippen molar-refractivity contribution in [1.82, 2.24) is 30.3 Å². The van der Waals surface area contributed by atoms with Crippen molar-refractivity contribution in [2.24, 2.45) is 0 Å². The first-order valence-electron chi connectivity index (χ1n) is 10.8. The maximum atomic E-state index is 13.5. The summed E-state index contributed by atoms with van der Waals surface area (Å²) in [5, 5.41) is 18.2. The molecule has 1 aromatic carbocycles. The summed E-state index contributed by atoms with van der Waals surface area (Å²) in [4.78, 5) is 31.0. The number of pyridine rings is 1. The number of hydrogen-bond acceptors (Lipinski definition) is 6. The number of methoxy groups -OCH3 is 1. The van der Waals surface area contributed by atoms with Gasteiger partial charge in [-0.2, -0.15) is 5.10 Å². The molecule has 0 aliphatic rings. The number of aromatic amines is 1. The number of carbonyl (C=O) groups excluding carboxylic acids is 2. The van der Waals surface area contributed by atoms with Crippen LogP contribution in [0.2, 0.25) is 10.0 Å². The number of fused-ring (bicyclic) bond motifs is 1. The van der Waals surface area contributed by atoms with Crippen LogP contribution in [0, 0.1) is 0 Å². The van der Waals surface area contributed by atoms with Crippen LogP contribution < -0.4 is 21.0 Å². The Morgan fingerprint density at radius 3 is 2.71 bits per heavy atom. The summed E-state index contributed by atoms with van der Waals surface area (Å²) in [6.45, 7) is 3.84. The van der Waals surface area contributed by atoms with E-state index in [-0.39, 0.29) is 44.7 Å². The maximum Gasteiger partial charge on any atom is 0.274 e. The van der Waals surface area contributed by atoms with Crippen LogP contribution in [-0.4, -0.2) is 57.8 Å². The minimum absolute atomic E-state index is 0.0766. The molecule has 180 valence electrons. The topological polar surface area (TPSA) is 127 Å². The summed E-state index contributed by atoms with van der Waals surface area (Å²) >= 11 is 12.9. The van der Waals surface area contributed by atoms with Gasteiger partial charge in [0.15, 0.2) is 13.7 Å². The zero-order valence-electron chi connectivity index (χ0n) is 19.4. The predicted molar refractivity (Wildman–Crippen MR) is 137 cm³/mol. The number of benzene rings is 1. The summed E-state index contributed by atoms with van der Waals surface area (Å²) in [6.07, 6.45) is 2.25. The SMILES string of the molecule is Bc1n[nH]c2c(C(=O)NC(C)CC)c(NC(=O)c3cc(OC)nn3-c3ncccc3Cl)c(Cl)cc12. The van der Waals surface area contributed by atoms with Crippen LogP contribution in [-0.2, 0) is 0 Å². The third-order valence-corrected chi connectivity index (χ3v) is 6.12. The number of H-pyrrole nitrogens is 1. The van der Waals surface area contributed by atoms with Crippen LogP contribution in [0.3, 0.4) is 0 Å². The van der Waals surface area contributed by atoms with Crippen LogP contribution >= 0.6 is 23.2 Å². The van der Waals surface area contributed by atoms with Gasteiger partial charge in [-0.05, 0) is 31.5 Å². The number of aromatic nitrogens is 5. The van der Waals surface area contributed by atoms with E-state index in [2.05, 4.69) is 30.9 Å². The van der Waals surface area contributed by atoms with Crippen molar-refractivity contribution in [3.05, 3.63) is 51.8 Å². The Morgan fingerprint density at radius 2 is 2.03 bits per heavy atom. The van der Waals surface area contributed by atoms with Crippen molar-refractivity contribution < 1.29 is 14.3 Å². The van der Waals surface area contributed by atoms with E-state index in [0.717, 1.165) is 6.42 Å². The number of nitrogens with zero attached hydrogens (tertiary/aromatic N) is 4. The average molecular weight is 514 g/mol. The van der Waals surface area contributed by atoms with Crippen LogP contribution in [0.4, 0.5) is 5.69 Å².